The van der Waals surface area contributed by atoms with Crippen LogP contribution < -0.4 is 16.4 Å². The Morgan fingerprint density at radius 2 is 1.76 bits per heavy atom. The number of nitrogens with two attached hydrogens (primary N) is 1. The molecule has 2 saturated carbocycles. The van der Waals surface area contributed by atoms with E-state index in [2.05, 4.69) is 45.3 Å². The zero-order valence-corrected chi connectivity index (χ0v) is 29.2. The van der Waals surface area contributed by atoms with Crippen molar-refractivity contribution in [2.75, 3.05) is 26.2 Å². The lowest BCUT2D eigenvalue weighted by Gasteiger charge is -2.53. The summed E-state index contributed by atoms with van der Waals surface area (Å²) in [7, 11) is -4.42. The van der Waals surface area contributed by atoms with E-state index in [0.717, 1.165) is 69.6 Å². The van der Waals surface area contributed by atoms with Crippen LogP contribution in [-0.2, 0) is 14.6 Å². The molecule has 0 aliphatic heterocycles. The van der Waals surface area contributed by atoms with Crippen molar-refractivity contribution in [1.82, 2.24) is 10.6 Å². The number of nitrogens with one attached hydrogen (secondary N) is 2. The Morgan fingerprint density at radius 1 is 1.02 bits per heavy atom. The van der Waals surface area contributed by atoms with Gasteiger partial charge in [0.2, 0.25) is 0 Å². The molecule has 0 aromatic carbocycles. The van der Waals surface area contributed by atoms with E-state index in [1.165, 1.54) is 57.8 Å². The van der Waals surface area contributed by atoms with Gasteiger partial charge in [-0.15, -0.1) is 0 Å². The van der Waals surface area contributed by atoms with Crippen LogP contribution >= 0.6 is 0 Å². The van der Waals surface area contributed by atoms with Crippen LogP contribution in [0.3, 0.4) is 0 Å². The lowest BCUT2D eigenvalue weighted by atomic mass is 9.52. The Hall–Kier alpha value is -0.250. The van der Waals surface area contributed by atoms with Crippen molar-refractivity contribution >= 4 is 10.4 Å². The average Bonchev–Trinajstić information content (AvgIpc) is 3.25. The van der Waals surface area contributed by atoms with Crippen LogP contribution in [0.1, 0.15) is 138 Å². The Morgan fingerprint density at radius 3 is 2.38 bits per heavy atom. The van der Waals surface area contributed by atoms with Crippen LogP contribution in [0, 0.1) is 40.4 Å². The van der Waals surface area contributed by atoms with Gasteiger partial charge in [0.25, 0.3) is 0 Å². The lowest BCUT2D eigenvalue weighted by molar-refractivity contribution is -0.0431. The van der Waals surface area contributed by atoms with Crippen LogP contribution in [0.4, 0.5) is 0 Å². The number of fused-ring (bicyclic) bond motifs is 1. The highest BCUT2D eigenvalue weighted by atomic mass is 32.3. The second-order valence-electron chi connectivity index (χ2n) is 15.1. The largest absolute Gasteiger partial charge is 0.397 e. The molecule has 2 aliphatic rings. The molecule has 0 heterocycles. The molecule has 2 rings (SSSR count). The molecule has 0 saturated heterocycles. The normalized spacial score (nSPS) is 28.2. The highest BCUT2D eigenvalue weighted by molar-refractivity contribution is 7.80. The molecule has 2 aliphatic carbocycles. The SMILES string of the molecule is CCCC1C(C(C)(C)CC[C@@H](CC)NCCNCCCCN)CC[C@@]2(C)C1CC[C@@H]2CCC[C@@H](OS(=O)(=O)O)C(C)C. The molecule has 3 unspecified atom stereocenters. The van der Waals surface area contributed by atoms with Crippen molar-refractivity contribution in [3.63, 3.8) is 0 Å². The highest BCUT2D eigenvalue weighted by Gasteiger charge is 2.55. The second kappa shape index (κ2) is 18.0. The summed E-state index contributed by atoms with van der Waals surface area (Å²) in [6.07, 6.45) is 16.2. The zero-order valence-electron chi connectivity index (χ0n) is 28.4. The Kier molecular flexibility index (Phi) is 16.3. The molecule has 5 N–H and O–H groups in total. The summed E-state index contributed by atoms with van der Waals surface area (Å²) in [6, 6.07) is 0.587. The first-order valence-corrected chi connectivity index (χ1v) is 18.9. The van der Waals surface area contributed by atoms with Crippen LogP contribution in [0.2, 0.25) is 0 Å². The average molecular weight is 616 g/mol. The van der Waals surface area contributed by atoms with E-state index in [0.29, 0.717) is 29.2 Å². The predicted molar refractivity (Wildman–Crippen MR) is 177 cm³/mol. The minimum atomic E-state index is -4.42. The first kappa shape index (κ1) is 37.9. The van der Waals surface area contributed by atoms with Gasteiger partial charge in [-0.05, 0) is 124 Å². The van der Waals surface area contributed by atoms with Gasteiger partial charge < -0.3 is 16.4 Å². The second-order valence-corrected chi connectivity index (χ2v) is 16.1. The molecule has 7 nitrogen and oxygen atoms in total. The van der Waals surface area contributed by atoms with E-state index in [1.54, 1.807) is 0 Å². The minimum absolute atomic E-state index is 0.0519. The first-order chi connectivity index (χ1) is 19.8. The van der Waals surface area contributed by atoms with Gasteiger partial charge >= 0.3 is 10.4 Å². The standard InChI is InChI=1S/C34H69N3O4S/c1-8-13-29-30(33(5,6)20-18-28(9-2)37-25-24-36-23-11-10-22-35)19-21-34(7)27(16-17-31(29)34)14-12-15-32(26(3)4)41-42(38,39)40/h26-32,36-37H,8-25,35H2,1-7H3,(H,38,39,40)/t27-,28+,29?,30?,31?,32+,34+/m0/s1. The van der Waals surface area contributed by atoms with Gasteiger partial charge in [-0.2, -0.15) is 8.42 Å². The van der Waals surface area contributed by atoms with Gasteiger partial charge in [0.05, 0.1) is 6.10 Å². The van der Waals surface area contributed by atoms with Gasteiger partial charge in [-0.25, -0.2) is 4.18 Å². The fourth-order valence-electron chi connectivity index (χ4n) is 8.86. The van der Waals surface area contributed by atoms with E-state index < -0.39 is 16.5 Å². The molecule has 0 radical (unpaired) electrons. The summed E-state index contributed by atoms with van der Waals surface area (Å²) in [5.74, 6) is 3.12. The van der Waals surface area contributed by atoms with Gasteiger partial charge in [-0.3, -0.25) is 4.55 Å². The van der Waals surface area contributed by atoms with E-state index in [-0.39, 0.29) is 5.92 Å². The number of hydrogen-bond acceptors (Lipinski definition) is 6. The maximum atomic E-state index is 11.3. The quantitative estimate of drug-likeness (QED) is 0.0743. The molecule has 2 fully saturated rings. The predicted octanol–water partition coefficient (Wildman–Crippen LogP) is 7.36. The molecule has 0 aromatic heterocycles. The molecule has 250 valence electrons. The third-order valence-electron chi connectivity index (χ3n) is 11.5. The molecule has 0 aromatic rings. The highest BCUT2D eigenvalue weighted by Crippen LogP contribution is 2.63. The van der Waals surface area contributed by atoms with E-state index in [1.807, 2.05) is 13.8 Å². The van der Waals surface area contributed by atoms with E-state index in [9.17, 15) is 13.0 Å². The van der Waals surface area contributed by atoms with Crippen LogP contribution in [0.5, 0.6) is 0 Å². The fourth-order valence-corrected chi connectivity index (χ4v) is 9.49. The van der Waals surface area contributed by atoms with Gasteiger partial charge in [0, 0.05) is 19.1 Å². The van der Waals surface area contributed by atoms with Crippen molar-refractivity contribution in [3.05, 3.63) is 0 Å². The van der Waals surface area contributed by atoms with Crippen molar-refractivity contribution in [2.24, 2.45) is 46.2 Å². The van der Waals surface area contributed by atoms with Crippen LogP contribution in [0.25, 0.3) is 0 Å². The molecule has 42 heavy (non-hydrogen) atoms. The summed E-state index contributed by atoms with van der Waals surface area (Å²) >= 11 is 0. The number of hydrogen-bond donors (Lipinski definition) is 4. The van der Waals surface area contributed by atoms with Gasteiger partial charge in [0.1, 0.15) is 0 Å². The molecule has 0 spiro atoms. The van der Waals surface area contributed by atoms with Crippen molar-refractivity contribution in [3.8, 4) is 0 Å². The van der Waals surface area contributed by atoms with Gasteiger partial charge in [-0.1, -0.05) is 67.7 Å². The lowest BCUT2D eigenvalue weighted by Crippen LogP contribution is -2.46. The fraction of sp³-hybridized carbons (Fsp3) is 1.00. The van der Waals surface area contributed by atoms with Crippen molar-refractivity contribution in [2.45, 2.75) is 151 Å². The molecule has 7 atom stereocenters. The molecular formula is C34H69N3O4S. The smallest absolute Gasteiger partial charge is 0.330 e. The molecule has 0 amide bonds. The number of rotatable bonds is 22. The zero-order chi connectivity index (χ0) is 31.4. The van der Waals surface area contributed by atoms with Gasteiger partial charge in [0.15, 0.2) is 0 Å². The molecular weight excluding hydrogens is 546 g/mol. The Balaban J connectivity index is 1.94. The Labute approximate surface area is 260 Å². The maximum absolute atomic E-state index is 11.3. The Bertz CT molecular complexity index is 852. The van der Waals surface area contributed by atoms with E-state index in [4.69, 9.17) is 9.92 Å². The summed E-state index contributed by atoms with van der Waals surface area (Å²) in [5, 5.41) is 7.37. The van der Waals surface area contributed by atoms with Crippen LogP contribution in [0.15, 0.2) is 0 Å². The third kappa shape index (κ3) is 11.6. The van der Waals surface area contributed by atoms with Crippen molar-refractivity contribution in [1.29, 1.82) is 0 Å². The molecule has 8 heteroatoms. The monoisotopic (exact) mass is 616 g/mol. The first-order valence-electron chi connectivity index (χ1n) is 17.6. The summed E-state index contributed by atoms with van der Waals surface area (Å²) in [4.78, 5) is 0. The third-order valence-corrected chi connectivity index (χ3v) is 12.0. The maximum Gasteiger partial charge on any atom is 0.397 e. The van der Waals surface area contributed by atoms with Crippen LogP contribution in [-0.4, -0.2) is 51.3 Å². The summed E-state index contributed by atoms with van der Waals surface area (Å²) in [6.45, 7) is 20.2. The number of unbranched alkanes of at least 4 members (excludes halogenated alkanes) is 1. The van der Waals surface area contributed by atoms with Crippen molar-refractivity contribution < 1.29 is 17.2 Å². The molecule has 0 bridgehead atoms. The topological polar surface area (TPSA) is 114 Å². The van der Waals surface area contributed by atoms with E-state index >= 15 is 0 Å². The summed E-state index contributed by atoms with van der Waals surface area (Å²) in [5.41, 5.74) is 6.32. The minimum Gasteiger partial charge on any atom is -0.330 e. The summed E-state index contributed by atoms with van der Waals surface area (Å²) < 4.78 is 36.9.